The SMILES string of the molecule is CC(C)(C)c1cccc(C(C)(C)c2c(C(C)(C)C)ccc(C(C)(C)C)c2C(C)(C)C)c1C(C)(C)C. The minimum atomic E-state index is -0.156. The van der Waals surface area contributed by atoms with Gasteiger partial charge in [0.15, 0.2) is 0 Å². The Morgan fingerprint density at radius 1 is 0.314 bits per heavy atom. The van der Waals surface area contributed by atoms with Gasteiger partial charge in [0.05, 0.1) is 0 Å². The zero-order valence-electron chi connectivity index (χ0n) is 26.4. The molecule has 0 aliphatic heterocycles. The lowest BCUT2D eigenvalue weighted by Crippen LogP contribution is -2.36. The van der Waals surface area contributed by atoms with Crippen LogP contribution >= 0.6 is 0 Å². The van der Waals surface area contributed by atoms with Crippen molar-refractivity contribution in [1.82, 2.24) is 0 Å². The van der Waals surface area contributed by atoms with E-state index in [1.165, 1.54) is 38.9 Å². The molecule has 196 valence electrons. The Hall–Kier alpha value is -1.56. The molecule has 0 N–H and O–H groups in total. The molecule has 0 aliphatic carbocycles. The van der Waals surface area contributed by atoms with Crippen molar-refractivity contribution >= 4 is 0 Å². The van der Waals surface area contributed by atoms with Crippen LogP contribution in [0.3, 0.4) is 0 Å². The average Bonchev–Trinajstić information content (AvgIpc) is 2.62. The molecule has 0 nitrogen and oxygen atoms in total. The van der Waals surface area contributed by atoms with Crippen LogP contribution < -0.4 is 0 Å². The molecule has 0 saturated carbocycles. The molecule has 0 heteroatoms. The first kappa shape index (κ1) is 29.7. The highest BCUT2D eigenvalue weighted by Gasteiger charge is 2.41. The molecule has 2 rings (SSSR count). The van der Waals surface area contributed by atoms with Gasteiger partial charge in [-0.1, -0.05) is 148 Å². The van der Waals surface area contributed by atoms with Crippen LogP contribution in [0, 0.1) is 0 Å². The van der Waals surface area contributed by atoms with Gasteiger partial charge in [0.2, 0.25) is 0 Å². The molecular formula is C35H56. The zero-order valence-corrected chi connectivity index (χ0v) is 26.4. The van der Waals surface area contributed by atoms with E-state index in [1.54, 1.807) is 0 Å². The van der Waals surface area contributed by atoms with Crippen molar-refractivity contribution in [3.63, 3.8) is 0 Å². The Balaban J connectivity index is 3.23. The van der Waals surface area contributed by atoms with Crippen molar-refractivity contribution in [3.8, 4) is 0 Å². The number of hydrogen-bond donors (Lipinski definition) is 0. The topological polar surface area (TPSA) is 0 Å². The van der Waals surface area contributed by atoms with Crippen LogP contribution in [0.1, 0.15) is 157 Å². The molecule has 0 unspecified atom stereocenters. The first-order chi connectivity index (χ1) is 15.3. The largest absolute Gasteiger partial charge is 0.0616 e. The van der Waals surface area contributed by atoms with Crippen LogP contribution in [0.25, 0.3) is 0 Å². The summed E-state index contributed by atoms with van der Waals surface area (Å²) < 4.78 is 0. The Labute approximate surface area is 219 Å². The van der Waals surface area contributed by atoms with E-state index < -0.39 is 0 Å². The number of rotatable bonds is 2. The van der Waals surface area contributed by atoms with Crippen molar-refractivity contribution < 1.29 is 0 Å². The van der Waals surface area contributed by atoms with Gasteiger partial charge in [0, 0.05) is 5.41 Å². The Morgan fingerprint density at radius 3 is 0.971 bits per heavy atom. The molecule has 35 heavy (non-hydrogen) atoms. The minimum absolute atomic E-state index is 0.0278. The summed E-state index contributed by atoms with van der Waals surface area (Å²) in [4.78, 5) is 0. The molecule has 0 fully saturated rings. The van der Waals surface area contributed by atoms with E-state index in [0.29, 0.717) is 0 Å². The van der Waals surface area contributed by atoms with E-state index in [1.807, 2.05) is 0 Å². The van der Waals surface area contributed by atoms with Gasteiger partial charge < -0.3 is 0 Å². The highest BCUT2D eigenvalue weighted by Crippen LogP contribution is 2.50. The smallest absolute Gasteiger partial charge is 0.0155 e. The van der Waals surface area contributed by atoms with Gasteiger partial charge in [-0.25, -0.2) is 0 Å². The van der Waals surface area contributed by atoms with E-state index in [4.69, 9.17) is 0 Å². The van der Waals surface area contributed by atoms with Crippen molar-refractivity contribution in [3.05, 3.63) is 69.3 Å². The second-order valence-electron chi connectivity index (χ2n) is 16.5. The normalized spacial score (nSPS) is 14.4. The van der Waals surface area contributed by atoms with Gasteiger partial charge in [-0.05, 0) is 66.0 Å². The third kappa shape index (κ3) is 5.89. The number of benzene rings is 2. The molecule has 2 aromatic carbocycles. The fourth-order valence-electron chi connectivity index (χ4n) is 5.92. The summed E-state index contributed by atoms with van der Waals surface area (Å²) in [6.07, 6.45) is 0. The predicted molar refractivity (Wildman–Crippen MR) is 159 cm³/mol. The first-order valence-corrected chi connectivity index (χ1v) is 13.7. The standard InChI is InChI=1S/C35H56/c1-30(2,3)23-19-18-20-26(27(23)33(10,11)12)35(16,17)29-25(32(7,8)9)22-21-24(31(4,5)6)28(29)34(13,14)15/h18-22H,1-17H3. The third-order valence-electron chi connectivity index (χ3n) is 7.49. The van der Waals surface area contributed by atoms with Gasteiger partial charge >= 0.3 is 0 Å². The highest BCUT2D eigenvalue weighted by molar-refractivity contribution is 5.59. The minimum Gasteiger partial charge on any atom is -0.0616 e. The van der Waals surface area contributed by atoms with E-state index in [2.05, 4.69) is 148 Å². The van der Waals surface area contributed by atoms with Crippen molar-refractivity contribution in [2.24, 2.45) is 0 Å². The highest BCUT2D eigenvalue weighted by atomic mass is 14.4. The molecule has 0 heterocycles. The van der Waals surface area contributed by atoms with Gasteiger partial charge in [-0.3, -0.25) is 0 Å². The Morgan fingerprint density at radius 2 is 0.629 bits per heavy atom. The predicted octanol–water partition coefficient (Wildman–Crippen LogP) is 10.5. The lowest BCUT2D eigenvalue weighted by Gasteiger charge is -2.44. The maximum atomic E-state index is 2.48. The van der Waals surface area contributed by atoms with E-state index in [9.17, 15) is 0 Å². The zero-order chi connectivity index (χ0) is 27.6. The monoisotopic (exact) mass is 476 g/mol. The third-order valence-corrected chi connectivity index (χ3v) is 7.49. The fourth-order valence-corrected chi connectivity index (χ4v) is 5.92. The summed E-state index contributed by atoms with van der Waals surface area (Å²) >= 11 is 0. The molecule has 0 spiro atoms. The number of hydrogen-bond acceptors (Lipinski definition) is 0. The molecule has 0 saturated heterocycles. The lowest BCUT2D eigenvalue weighted by atomic mass is 9.60. The maximum absolute atomic E-state index is 2.48. The molecule has 0 radical (unpaired) electrons. The van der Waals surface area contributed by atoms with Crippen LogP contribution in [0.2, 0.25) is 0 Å². The Bertz CT molecular complexity index is 1060. The molecule has 0 aromatic heterocycles. The molecular weight excluding hydrogens is 420 g/mol. The summed E-state index contributed by atoms with van der Waals surface area (Å²) in [5.41, 5.74) is 10.6. The van der Waals surface area contributed by atoms with Gasteiger partial charge in [0.1, 0.15) is 0 Å². The summed E-state index contributed by atoms with van der Waals surface area (Å²) in [6, 6.07) is 11.9. The van der Waals surface area contributed by atoms with Crippen LogP contribution in [0.5, 0.6) is 0 Å². The van der Waals surface area contributed by atoms with Crippen molar-refractivity contribution in [2.75, 3.05) is 0 Å². The fraction of sp³-hybridized carbons (Fsp3) is 0.657. The average molecular weight is 477 g/mol. The molecule has 0 aliphatic rings. The van der Waals surface area contributed by atoms with Crippen LogP contribution in [0.4, 0.5) is 0 Å². The van der Waals surface area contributed by atoms with Gasteiger partial charge in [-0.15, -0.1) is 0 Å². The Kier molecular flexibility index (Phi) is 7.44. The van der Waals surface area contributed by atoms with Crippen LogP contribution in [-0.2, 0) is 32.5 Å². The van der Waals surface area contributed by atoms with Gasteiger partial charge in [0.25, 0.3) is 0 Å². The van der Waals surface area contributed by atoms with E-state index >= 15 is 0 Å². The molecule has 2 aromatic rings. The summed E-state index contributed by atoms with van der Waals surface area (Å²) in [5.74, 6) is 0. The van der Waals surface area contributed by atoms with E-state index in [0.717, 1.165) is 0 Å². The van der Waals surface area contributed by atoms with Crippen LogP contribution in [0.15, 0.2) is 30.3 Å². The first-order valence-electron chi connectivity index (χ1n) is 13.7. The van der Waals surface area contributed by atoms with Gasteiger partial charge in [-0.2, -0.15) is 0 Å². The van der Waals surface area contributed by atoms with Crippen LogP contribution in [-0.4, -0.2) is 0 Å². The second-order valence-corrected chi connectivity index (χ2v) is 16.5. The molecule has 0 bridgehead atoms. The van der Waals surface area contributed by atoms with Crippen molar-refractivity contribution in [1.29, 1.82) is 0 Å². The van der Waals surface area contributed by atoms with Crippen molar-refractivity contribution in [2.45, 2.75) is 150 Å². The quantitative estimate of drug-likeness (QED) is 0.404. The summed E-state index contributed by atoms with van der Waals surface area (Å²) in [6.45, 7) is 40.6. The molecule has 0 atom stereocenters. The maximum Gasteiger partial charge on any atom is 0.0155 e. The second kappa shape index (κ2) is 8.78. The lowest BCUT2D eigenvalue weighted by molar-refractivity contribution is 0.475. The van der Waals surface area contributed by atoms with E-state index in [-0.39, 0.29) is 32.5 Å². The molecule has 0 amide bonds. The summed E-state index contributed by atoms with van der Waals surface area (Å²) in [5, 5.41) is 0. The summed E-state index contributed by atoms with van der Waals surface area (Å²) in [7, 11) is 0.